The van der Waals surface area contributed by atoms with Crippen LogP contribution in [0.1, 0.15) is 25.3 Å². The highest BCUT2D eigenvalue weighted by molar-refractivity contribution is 8.14. The molecule has 0 unspecified atom stereocenters. The lowest BCUT2D eigenvalue weighted by atomic mass is 10.1. The van der Waals surface area contributed by atoms with Crippen molar-refractivity contribution in [3.05, 3.63) is 29.8 Å². The number of nitrogens with one attached hydrogen (secondary N) is 1. The van der Waals surface area contributed by atoms with E-state index in [-0.39, 0.29) is 35.3 Å². The zero-order chi connectivity index (χ0) is 16.4. The maximum Gasteiger partial charge on any atom is 0.227 e. The predicted molar refractivity (Wildman–Crippen MR) is 90.3 cm³/mol. The van der Waals surface area contributed by atoms with E-state index in [9.17, 15) is 14.4 Å². The predicted octanol–water partition coefficient (Wildman–Crippen LogP) is 1.75. The lowest BCUT2D eigenvalue weighted by Gasteiger charge is -2.18. The second-order valence-corrected chi connectivity index (χ2v) is 7.04. The number of aryl methyl sites for hydroxylation is 1. The number of anilines is 1. The third-order valence-electron chi connectivity index (χ3n) is 4.40. The molecule has 2 amide bonds. The summed E-state index contributed by atoms with van der Waals surface area (Å²) in [6.07, 6.45) is 1.83. The van der Waals surface area contributed by atoms with Crippen molar-refractivity contribution in [3.8, 4) is 0 Å². The fourth-order valence-electron chi connectivity index (χ4n) is 2.96. The number of amides is 2. The molecule has 3 rings (SSSR count). The number of hydrogen-bond donors (Lipinski definition) is 1. The summed E-state index contributed by atoms with van der Waals surface area (Å²) in [6.45, 7) is 2.46. The van der Waals surface area contributed by atoms with E-state index in [2.05, 4.69) is 12.2 Å². The number of carbonyl (C=O) groups excluding carboxylic acids is 3. The number of hydrogen-bond acceptors (Lipinski definition) is 4. The summed E-state index contributed by atoms with van der Waals surface area (Å²) in [7, 11) is 0. The minimum atomic E-state index is -0.388. The Morgan fingerprint density at radius 2 is 2.04 bits per heavy atom. The number of thioether (sulfide) groups is 1. The Kier molecular flexibility index (Phi) is 4.71. The number of carbonyl (C=O) groups is 3. The minimum absolute atomic E-state index is 0.0229. The van der Waals surface area contributed by atoms with Gasteiger partial charge in [-0.3, -0.25) is 14.4 Å². The lowest BCUT2D eigenvalue weighted by Crippen LogP contribution is -2.41. The molecule has 2 heterocycles. The average molecular weight is 332 g/mol. The molecule has 23 heavy (non-hydrogen) atoms. The summed E-state index contributed by atoms with van der Waals surface area (Å²) >= 11 is 1.26. The van der Waals surface area contributed by atoms with E-state index in [1.54, 1.807) is 4.90 Å². The van der Waals surface area contributed by atoms with Gasteiger partial charge >= 0.3 is 0 Å². The van der Waals surface area contributed by atoms with Crippen LogP contribution < -0.4 is 10.2 Å². The van der Waals surface area contributed by atoms with Gasteiger partial charge in [0.2, 0.25) is 16.9 Å². The van der Waals surface area contributed by atoms with E-state index in [0.29, 0.717) is 13.0 Å². The average Bonchev–Trinajstić information content (AvgIpc) is 3.14. The van der Waals surface area contributed by atoms with Crippen molar-refractivity contribution in [1.29, 1.82) is 0 Å². The van der Waals surface area contributed by atoms with Gasteiger partial charge in [-0.05, 0) is 30.5 Å². The second-order valence-electron chi connectivity index (χ2n) is 5.94. The first kappa shape index (κ1) is 16.1. The van der Waals surface area contributed by atoms with Gasteiger partial charge in [-0.15, -0.1) is 0 Å². The van der Waals surface area contributed by atoms with Crippen molar-refractivity contribution in [1.82, 2.24) is 5.32 Å². The Morgan fingerprint density at radius 1 is 1.30 bits per heavy atom. The van der Waals surface area contributed by atoms with Crippen LogP contribution in [0.2, 0.25) is 0 Å². The maximum atomic E-state index is 12.3. The van der Waals surface area contributed by atoms with Crippen LogP contribution >= 0.6 is 11.8 Å². The third kappa shape index (κ3) is 3.42. The van der Waals surface area contributed by atoms with Gasteiger partial charge in [0, 0.05) is 24.4 Å². The Balaban J connectivity index is 1.64. The molecule has 0 aliphatic carbocycles. The zero-order valence-corrected chi connectivity index (χ0v) is 13.9. The van der Waals surface area contributed by atoms with Crippen LogP contribution in [0.4, 0.5) is 5.69 Å². The van der Waals surface area contributed by atoms with Crippen LogP contribution in [0.25, 0.3) is 0 Å². The van der Waals surface area contributed by atoms with Gasteiger partial charge in [-0.25, -0.2) is 0 Å². The van der Waals surface area contributed by atoms with Crippen LogP contribution in [0.5, 0.6) is 0 Å². The Bertz CT molecular complexity index is 629. The van der Waals surface area contributed by atoms with E-state index in [1.165, 1.54) is 17.3 Å². The van der Waals surface area contributed by atoms with Crippen molar-refractivity contribution in [3.63, 3.8) is 0 Å². The second kappa shape index (κ2) is 6.74. The molecule has 122 valence electrons. The molecule has 5 nitrogen and oxygen atoms in total. The number of rotatable bonds is 4. The number of nitrogens with zero attached hydrogens (tertiary/aromatic N) is 1. The fourth-order valence-corrected chi connectivity index (χ4v) is 3.89. The smallest absolute Gasteiger partial charge is 0.227 e. The first-order valence-electron chi connectivity index (χ1n) is 7.94. The van der Waals surface area contributed by atoms with Crippen LogP contribution in [0, 0.1) is 5.92 Å². The van der Waals surface area contributed by atoms with Gasteiger partial charge in [0.05, 0.1) is 12.0 Å². The summed E-state index contributed by atoms with van der Waals surface area (Å²) < 4.78 is 0. The van der Waals surface area contributed by atoms with Crippen LogP contribution in [0.3, 0.4) is 0 Å². The van der Waals surface area contributed by atoms with Gasteiger partial charge in [0.25, 0.3) is 0 Å². The van der Waals surface area contributed by atoms with Gasteiger partial charge in [-0.1, -0.05) is 30.8 Å². The van der Waals surface area contributed by atoms with Crippen molar-refractivity contribution in [2.24, 2.45) is 5.92 Å². The van der Waals surface area contributed by atoms with Crippen LogP contribution in [-0.2, 0) is 20.8 Å². The molecular formula is C17H20N2O3S. The molecule has 0 radical (unpaired) electrons. The SMILES string of the molecule is CCc1ccc(N2C[C@H](C(=O)N[C@H]3CCSC3=O)CC2=O)cc1. The molecule has 1 aromatic carbocycles. The minimum Gasteiger partial charge on any atom is -0.345 e. The monoisotopic (exact) mass is 332 g/mol. The maximum absolute atomic E-state index is 12.3. The highest BCUT2D eigenvalue weighted by atomic mass is 32.2. The number of benzene rings is 1. The molecule has 1 N–H and O–H groups in total. The summed E-state index contributed by atoms with van der Waals surface area (Å²) in [5.41, 5.74) is 2.04. The molecule has 2 atom stereocenters. The zero-order valence-electron chi connectivity index (χ0n) is 13.1. The summed E-state index contributed by atoms with van der Waals surface area (Å²) in [6, 6.07) is 7.47. The highest BCUT2D eigenvalue weighted by Crippen LogP contribution is 2.26. The van der Waals surface area contributed by atoms with Crippen molar-refractivity contribution in [2.75, 3.05) is 17.2 Å². The summed E-state index contributed by atoms with van der Waals surface area (Å²) in [5, 5.41) is 2.82. The molecule has 2 saturated heterocycles. The molecule has 0 spiro atoms. The van der Waals surface area contributed by atoms with E-state index in [0.717, 1.165) is 17.9 Å². The van der Waals surface area contributed by atoms with Crippen molar-refractivity contribution in [2.45, 2.75) is 32.2 Å². The molecule has 6 heteroatoms. The lowest BCUT2D eigenvalue weighted by molar-refractivity contribution is -0.128. The normalized spacial score (nSPS) is 24.3. The Labute approximate surface area is 139 Å². The van der Waals surface area contributed by atoms with Crippen molar-refractivity contribution < 1.29 is 14.4 Å². The van der Waals surface area contributed by atoms with E-state index < -0.39 is 0 Å². The van der Waals surface area contributed by atoms with Gasteiger partial charge in [0.1, 0.15) is 0 Å². The summed E-state index contributed by atoms with van der Waals surface area (Å²) in [5.74, 6) is 0.142. The Hall–Kier alpha value is -1.82. The molecule has 0 aromatic heterocycles. The molecule has 0 bridgehead atoms. The Morgan fingerprint density at radius 3 is 2.65 bits per heavy atom. The molecule has 1 aromatic rings. The standard InChI is InChI=1S/C17H20N2O3S/c1-2-11-3-5-13(6-4-11)19-10-12(9-15(19)20)16(21)18-14-7-8-23-17(14)22/h3-6,12,14H,2,7-10H2,1H3,(H,18,21)/t12-,14+/m1/s1. The molecule has 0 saturated carbocycles. The molecule has 2 aliphatic heterocycles. The van der Waals surface area contributed by atoms with Gasteiger partial charge in [-0.2, -0.15) is 0 Å². The third-order valence-corrected chi connectivity index (χ3v) is 5.41. The van der Waals surface area contributed by atoms with Gasteiger partial charge in [0.15, 0.2) is 0 Å². The van der Waals surface area contributed by atoms with E-state index in [1.807, 2.05) is 24.3 Å². The topological polar surface area (TPSA) is 66.5 Å². The molecule has 2 fully saturated rings. The highest BCUT2D eigenvalue weighted by Gasteiger charge is 2.37. The fraction of sp³-hybridized carbons (Fsp3) is 0.471. The van der Waals surface area contributed by atoms with E-state index >= 15 is 0 Å². The van der Waals surface area contributed by atoms with E-state index in [4.69, 9.17) is 0 Å². The first-order chi connectivity index (χ1) is 11.1. The van der Waals surface area contributed by atoms with Crippen molar-refractivity contribution >= 4 is 34.4 Å². The van der Waals surface area contributed by atoms with Crippen LogP contribution in [0.15, 0.2) is 24.3 Å². The van der Waals surface area contributed by atoms with Gasteiger partial charge < -0.3 is 10.2 Å². The first-order valence-corrected chi connectivity index (χ1v) is 8.93. The quantitative estimate of drug-likeness (QED) is 0.912. The summed E-state index contributed by atoms with van der Waals surface area (Å²) in [4.78, 5) is 37.8. The largest absolute Gasteiger partial charge is 0.345 e. The molecular weight excluding hydrogens is 312 g/mol. The van der Waals surface area contributed by atoms with Crippen LogP contribution in [-0.4, -0.2) is 35.3 Å². The molecule has 2 aliphatic rings.